The van der Waals surface area contributed by atoms with Gasteiger partial charge in [-0.05, 0) is 80.2 Å². The molecule has 0 radical (unpaired) electrons. The minimum atomic E-state index is -0.905. The minimum absolute atomic E-state index is 0. The summed E-state index contributed by atoms with van der Waals surface area (Å²) < 4.78 is 11.9. The van der Waals surface area contributed by atoms with Crippen molar-refractivity contribution in [3.63, 3.8) is 0 Å². The largest absolute Gasteiger partial charge is 0.489 e. The van der Waals surface area contributed by atoms with Gasteiger partial charge in [0.2, 0.25) is 0 Å². The Morgan fingerprint density at radius 3 is 2.41 bits per heavy atom. The van der Waals surface area contributed by atoms with Gasteiger partial charge in [-0.2, -0.15) is 5.26 Å². The van der Waals surface area contributed by atoms with E-state index in [1.165, 1.54) is 11.1 Å². The molecule has 0 unspecified atom stereocenters. The first-order valence-corrected chi connectivity index (χ1v) is 13.4. The highest BCUT2D eigenvalue weighted by Gasteiger charge is 2.29. The van der Waals surface area contributed by atoms with E-state index >= 15 is 0 Å². The molecule has 0 saturated carbocycles. The first kappa shape index (κ1) is 32.1. The van der Waals surface area contributed by atoms with Gasteiger partial charge in [-0.15, -0.1) is 12.4 Å². The van der Waals surface area contributed by atoms with Crippen LogP contribution in [0.25, 0.3) is 0 Å². The zero-order valence-electron chi connectivity index (χ0n) is 23.4. The fraction of sp³-hybridized carbons (Fsp3) is 0.516. The normalized spacial score (nSPS) is 13.7. The topological polar surface area (TPSA) is 109 Å². The number of esters is 1. The maximum Gasteiger partial charge on any atom is 0.306 e. The Morgan fingerprint density at radius 2 is 1.82 bits per heavy atom. The third-order valence-corrected chi connectivity index (χ3v) is 6.85. The zero-order valence-corrected chi connectivity index (χ0v) is 24.2. The molecule has 0 bridgehead atoms. The third kappa shape index (κ3) is 10.5. The van der Waals surface area contributed by atoms with Crippen molar-refractivity contribution >= 4 is 24.3 Å². The van der Waals surface area contributed by atoms with E-state index in [1.54, 1.807) is 18.2 Å². The van der Waals surface area contributed by atoms with E-state index in [2.05, 4.69) is 49.5 Å². The van der Waals surface area contributed by atoms with Crippen molar-refractivity contribution < 1.29 is 24.2 Å². The lowest BCUT2D eigenvalue weighted by atomic mass is 9.88. The van der Waals surface area contributed by atoms with Crippen LogP contribution in [0.5, 0.6) is 5.75 Å². The molecule has 1 atom stereocenters. The van der Waals surface area contributed by atoms with Crippen LogP contribution in [0.2, 0.25) is 0 Å². The number of rotatable bonds is 14. The number of carboxylic acids is 1. The summed E-state index contributed by atoms with van der Waals surface area (Å²) in [4.78, 5) is 23.6. The van der Waals surface area contributed by atoms with E-state index in [9.17, 15) is 14.9 Å². The highest BCUT2D eigenvalue weighted by Crippen LogP contribution is 2.32. The summed E-state index contributed by atoms with van der Waals surface area (Å²) in [5.74, 6) is -0.0156. The SMILES string of the molecule is CC(C)CC(=O)O[C@H](CNC(C)(C)CC1Cc2ccccc2C1)COc1cc(C#N)ccc1CCC(=O)O.Cl. The van der Waals surface area contributed by atoms with Gasteiger partial charge in [0.05, 0.1) is 11.6 Å². The van der Waals surface area contributed by atoms with Gasteiger partial charge in [0.15, 0.2) is 0 Å². The lowest BCUT2D eigenvalue weighted by Gasteiger charge is -2.31. The number of nitriles is 1. The van der Waals surface area contributed by atoms with Gasteiger partial charge in [-0.3, -0.25) is 9.59 Å². The van der Waals surface area contributed by atoms with Crippen molar-refractivity contribution in [2.75, 3.05) is 13.2 Å². The van der Waals surface area contributed by atoms with Crippen molar-refractivity contribution in [2.45, 2.75) is 77.9 Å². The average Bonchev–Trinajstić information content (AvgIpc) is 3.25. The van der Waals surface area contributed by atoms with Crippen LogP contribution in [0.3, 0.4) is 0 Å². The monoisotopic (exact) mass is 556 g/mol. The molecule has 2 aromatic carbocycles. The van der Waals surface area contributed by atoms with E-state index < -0.39 is 12.1 Å². The van der Waals surface area contributed by atoms with Crippen LogP contribution in [-0.2, 0) is 33.6 Å². The maximum atomic E-state index is 12.5. The summed E-state index contributed by atoms with van der Waals surface area (Å²) in [6.45, 7) is 8.79. The van der Waals surface area contributed by atoms with Gasteiger partial charge in [-0.25, -0.2) is 0 Å². The summed E-state index contributed by atoms with van der Waals surface area (Å²) in [5.41, 5.74) is 3.81. The summed E-state index contributed by atoms with van der Waals surface area (Å²) in [6, 6.07) is 15.7. The molecule has 212 valence electrons. The molecule has 3 rings (SSSR count). The molecule has 1 aliphatic rings. The Kier molecular flexibility index (Phi) is 12.3. The molecule has 1 aliphatic carbocycles. The Morgan fingerprint density at radius 1 is 1.15 bits per heavy atom. The lowest BCUT2D eigenvalue weighted by Crippen LogP contribution is -2.47. The Labute approximate surface area is 238 Å². The smallest absolute Gasteiger partial charge is 0.306 e. The van der Waals surface area contributed by atoms with Crippen LogP contribution in [0.15, 0.2) is 42.5 Å². The molecule has 0 heterocycles. The quantitative estimate of drug-likeness (QED) is 0.295. The second-order valence-corrected chi connectivity index (χ2v) is 11.4. The lowest BCUT2D eigenvalue weighted by molar-refractivity contribution is -0.151. The number of ether oxygens (including phenoxy) is 2. The Bertz CT molecular complexity index is 1130. The number of hydrogen-bond acceptors (Lipinski definition) is 6. The van der Waals surface area contributed by atoms with Crippen LogP contribution < -0.4 is 10.1 Å². The highest BCUT2D eigenvalue weighted by molar-refractivity contribution is 5.85. The first-order chi connectivity index (χ1) is 18.0. The van der Waals surface area contributed by atoms with Crippen molar-refractivity contribution in [3.05, 3.63) is 64.7 Å². The molecular weight excluding hydrogens is 516 g/mol. The molecule has 0 spiro atoms. The summed E-state index contributed by atoms with van der Waals surface area (Å²) in [7, 11) is 0. The zero-order chi connectivity index (χ0) is 27.7. The molecule has 0 amide bonds. The van der Waals surface area contributed by atoms with E-state index in [-0.39, 0.29) is 49.3 Å². The number of carbonyl (C=O) groups is 2. The fourth-order valence-corrected chi connectivity index (χ4v) is 5.07. The molecule has 7 nitrogen and oxygen atoms in total. The number of nitrogens with one attached hydrogen (secondary N) is 1. The number of carbonyl (C=O) groups excluding carboxylic acids is 1. The Balaban J connectivity index is 0.00000533. The molecular formula is C31H41ClN2O5. The van der Waals surface area contributed by atoms with Crippen LogP contribution in [0, 0.1) is 23.2 Å². The second-order valence-electron chi connectivity index (χ2n) is 11.4. The molecule has 39 heavy (non-hydrogen) atoms. The number of nitrogens with zero attached hydrogens (tertiary/aromatic N) is 1. The van der Waals surface area contributed by atoms with Crippen molar-refractivity contribution in [2.24, 2.45) is 11.8 Å². The predicted molar refractivity (Wildman–Crippen MR) is 153 cm³/mol. The molecule has 0 aromatic heterocycles. The maximum absolute atomic E-state index is 12.5. The van der Waals surface area contributed by atoms with E-state index in [0.29, 0.717) is 35.8 Å². The van der Waals surface area contributed by atoms with Gasteiger partial charge in [0.25, 0.3) is 0 Å². The van der Waals surface area contributed by atoms with Gasteiger partial charge in [0.1, 0.15) is 18.5 Å². The number of hydrogen-bond donors (Lipinski definition) is 2. The van der Waals surface area contributed by atoms with Gasteiger partial charge in [-0.1, -0.05) is 44.2 Å². The van der Waals surface area contributed by atoms with E-state index in [1.807, 2.05) is 13.8 Å². The van der Waals surface area contributed by atoms with Gasteiger partial charge >= 0.3 is 11.9 Å². The van der Waals surface area contributed by atoms with Crippen LogP contribution in [0.1, 0.15) is 69.2 Å². The molecule has 2 N–H and O–H groups in total. The molecule has 8 heteroatoms. The predicted octanol–water partition coefficient (Wildman–Crippen LogP) is 5.51. The molecule has 0 aliphatic heterocycles. The number of halogens is 1. The summed E-state index contributed by atoms with van der Waals surface area (Å²) >= 11 is 0. The van der Waals surface area contributed by atoms with Crippen LogP contribution in [0.4, 0.5) is 0 Å². The average molecular weight is 557 g/mol. The standard InChI is InChI=1S/C31H40N2O5.ClH/c1-21(2)13-30(36)38-27(20-37-28-16-22(18-32)9-10-24(28)11-12-29(34)35)19-33-31(3,4)17-23-14-25-7-5-6-8-26(25)15-23;/h5-10,16,21,23,27,33H,11-15,17,19-20H2,1-4H3,(H,34,35);1H/t27-;/m1./s1. The molecule has 2 aromatic rings. The van der Waals surface area contributed by atoms with Gasteiger partial charge in [0, 0.05) is 24.9 Å². The van der Waals surface area contributed by atoms with Crippen LogP contribution >= 0.6 is 12.4 Å². The van der Waals surface area contributed by atoms with E-state index in [4.69, 9.17) is 14.6 Å². The summed E-state index contributed by atoms with van der Waals surface area (Å²) in [6.07, 6.45) is 3.14. The number of aliphatic carboxylic acids is 1. The Hall–Kier alpha value is -3.08. The highest BCUT2D eigenvalue weighted by atomic mass is 35.5. The third-order valence-electron chi connectivity index (χ3n) is 6.85. The number of aryl methyl sites for hydroxylation is 1. The number of fused-ring (bicyclic) bond motifs is 1. The first-order valence-electron chi connectivity index (χ1n) is 13.4. The number of carboxylic acid groups (broad SMARTS) is 1. The molecule has 0 fully saturated rings. The van der Waals surface area contributed by atoms with Crippen molar-refractivity contribution in [3.8, 4) is 11.8 Å². The van der Waals surface area contributed by atoms with Crippen molar-refractivity contribution in [1.29, 1.82) is 5.26 Å². The minimum Gasteiger partial charge on any atom is -0.489 e. The molecule has 0 saturated heterocycles. The fourth-order valence-electron chi connectivity index (χ4n) is 5.07. The van der Waals surface area contributed by atoms with Crippen molar-refractivity contribution in [1.82, 2.24) is 5.32 Å². The summed E-state index contributed by atoms with van der Waals surface area (Å²) in [5, 5.41) is 22.0. The second kappa shape index (κ2) is 14.9. The van der Waals surface area contributed by atoms with Crippen LogP contribution in [-0.4, -0.2) is 41.8 Å². The van der Waals surface area contributed by atoms with E-state index in [0.717, 1.165) is 19.3 Å². The number of benzene rings is 2. The van der Waals surface area contributed by atoms with Gasteiger partial charge < -0.3 is 19.9 Å².